The van der Waals surface area contributed by atoms with E-state index >= 15 is 0 Å². The third-order valence-electron chi connectivity index (χ3n) is 2.64. The van der Waals surface area contributed by atoms with E-state index in [0.29, 0.717) is 6.61 Å². The van der Waals surface area contributed by atoms with Crippen molar-refractivity contribution < 1.29 is 19.1 Å². The van der Waals surface area contributed by atoms with Gasteiger partial charge in [0.05, 0.1) is 19.4 Å². The lowest BCUT2D eigenvalue weighted by molar-refractivity contribution is -0.151. The Morgan fingerprint density at radius 3 is 2.40 bits per heavy atom. The quantitative estimate of drug-likeness (QED) is 0.534. The van der Waals surface area contributed by atoms with Gasteiger partial charge in [0.2, 0.25) is 0 Å². The van der Waals surface area contributed by atoms with Gasteiger partial charge >= 0.3 is 11.9 Å². The maximum atomic E-state index is 11.5. The van der Waals surface area contributed by atoms with Crippen molar-refractivity contribution in [2.24, 2.45) is 0 Å². The zero-order chi connectivity index (χ0) is 14.8. The van der Waals surface area contributed by atoms with Crippen molar-refractivity contribution in [3.05, 3.63) is 34.3 Å². The second-order valence-corrected chi connectivity index (χ2v) is 5.18. The monoisotopic (exact) mass is 342 g/mol. The van der Waals surface area contributed by atoms with Gasteiger partial charge in [-0.2, -0.15) is 0 Å². The molecule has 0 aliphatic rings. The van der Waals surface area contributed by atoms with Crippen LogP contribution in [0.5, 0.6) is 0 Å². The van der Waals surface area contributed by atoms with Gasteiger partial charge in [-0.1, -0.05) is 47.5 Å². The third kappa shape index (κ3) is 6.70. The van der Waals surface area contributed by atoms with Gasteiger partial charge in [-0.05, 0) is 12.5 Å². The standard InChI is InChI=1S/C15H19BrO4/c1-2-3-10-19-14(17)8-9-15(18)20-11-12-6-4-5-7-13(12)16/h4-7H,2-3,8-11H2,1H3. The van der Waals surface area contributed by atoms with E-state index in [1.165, 1.54) is 0 Å². The average molecular weight is 343 g/mol. The van der Waals surface area contributed by atoms with E-state index in [-0.39, 0.29) is 25.4 Å². The summed E-state index contributed by atoms with van der Waals surface area (Å²) in [4.78, 5) is 22.8. The second kappa shape index (κ2) is 9.53. The molecular weight excluding hydrogens is 324 g/mol. The Hall–Kier alpha value is -1.36. The van der Waals surface area contributed by atoms with Crippen LogP contribution in [0.25, 0.3) is 0 Å². The summed E-state index contributed by atoms with van der Waals surface area (Å²) in [6.07, 6.45) is 1.94. The molecular formula is C15H19BrO4. The Balaban J connectivity index is 2.21. The molecule has 4 nitrogen and oxygen atoms in total. The molecule has 1 rings (SSSR count). The number of esters is 2. The summed E-state index contributed by atoms with van der Waals surface area (Å²) in [6.45, 7) is 2.64. The van der Waals surface area contributed by atoms with E-state index < -0.39 is 5.97 Å². The van der Waals surface area contributed by atoms with Gasteiger partial charge in [0.1, 0.15) is 6.61 Å². The van der Waals surface area contributed by atoms with Gasteiger partial charge in [0.15, 0.2) is 0 Å². The van der Waals surface area contributed by atoms with Crippen LogP contribution in [0.1, 0.15) is 38.2 Å². The molecule has 0 saturated carbocycles. The van der Waals surface area contributed by atoms with Crippen LogP contribution in [0.3, 0.4) is 0 Å². The molecule has 1 aromatic rings. The van der Waals surface area contributed by atoms with E-state index in [4.69, 9.17) is 9.47 Å². The number of carbonyl (C=O) groups excluding carboxylic acids is 2. The van der Waals surface area contributed by atoms with Crippen LogP contribution < -0.4 is 0 Å². The number of hydrogen-bond acceptors (Lipinski definition) is 4. The van der Waals surface area contributed by atoms with Gasteiger partial charge in [-0.3, -0.25) is 9.59 Å². The number of rotatable bonds is 8. The number of unbranched alkanes of at least 4 members (excludes halogenated alkanes) is 1. The summed E-state index contributed by atoms with van der Waals surface area (Å²) in [5.41, 5.74) is 0.895. The lowest BCUT2D eigenvalue weighted by Crippen LogP contribution is -2.11. The summed E-state index contributed by atoms with van der Waals surface area (Å²) >= 11 is 3.38. The molecule has 0 aliphatic heterocycles. The molecule has 0 heterocycles. The van der Waals surface area contributed by atoms with E-state index in [1.54, 1.807) is 0 Å². The molecule has 5 heteroatoms. The van der Waals surface area contributed by atoms with Crippen LogP contribution in [0.15, 0.2) is 28.7 Å². The molecule has 0 radical (unpaired) electrons. The first-order valence-electron chi connectivity index (χ1n) is 6.68. The summed E-state index contributed by atoms with van der Waals surface area (Å²) < 4.78 is 11.0. The zero-order valence-electron chi connectivity index (χ0n) is 11.6. The Labute approximate surface area is 127 Å². The van der Waals surface area contributed by atoms with Crippen LogP contribution in [0, 0.1) is 0 Å². The molecule has 0 bridgehead atoms. The van der Waals surface area contributed by atoms with Gasteiger partial charge in [0.25, 0.3) is 0 Å². The van der Waals surface area contributed by atoms with Gasteiger partial charge < -0.3 is 9.47 Å². The summed E-state index contributed by atoms with van der Waals surface area (Å²) in [7, 11) is 0. The minimum Gasteiger partial charge on any atom is -0.466 e. The Morgan fingerprint density at radius 2 is 1.75 bits per heavy atom. The first-order valence-corrected chi connectivity index (χ1v) is 7.47. The maximum Gasteiger partial charge on any atom is 0.306 e. The lowest BCUT2D eigenvalue weighted by Gasteiger charge is -2.07. The van der Waals surface area contributed by atoms with Crippen molar-refractivity contribution in [1.82, 2.24) is 0 Å². The molecule has 0 amide bonds. The fourth-order valence-electron chi connectivity index (χ4n) is 1.45. The molecule has 0 aliphatic carbocycles. The molecule has 0 aromatic heterocycles. The third-order valence-corrected chi connectivity index (χ3v) is 3.41. The van der Waals surface area contributed by atoms with Crippen LogP contribution in [0.4, 0.5) is 0 Å². The van der Waals surface area contributed by atoms with Crippen molar-refractivity contribution in [2.45, 2.75) is 39.2 Å². The SMILES string of the molecule is CCCCOC(=O)CCC(=O)OCc1ccccc1Br. The lowest BCUT2D eigenvalue weighted by atomic mass is 10.2. The zero-order valence-corrected chi connectivity index (χ0v) is 13.1. The highest BCUT2D eigenvalue weighted by molar-refractivity contribution is 9.10. The summed E-state index contributed by atoms with van der Waals surface area (Å²) in [5, 5.41) is 0. The van der Waals surface area contributed by atoms with Crippen molar-refractivity contribution >= 4 is 27.9 Å². The summed E-state index contributed by atoms with van der Waals surface area (Å²) in [6, 6.07) is 7.52. The van der Waals surface area contributed by atoms with Crippen LogP contribution in [-0.4, -0.2) is 18.5 Å². The number of ether oxygens (including phenoxy) is 2. The van der Waals surface area contributed by atoms with Gasteiger partial charge in [-0.25, -0.2) is 0 Å². The maximum absolute atomic E-state index is 11.5. The highest BCUT2D eigenvalue weighted by Gasteiger charge is 2.09. The molecule has 0 spiro atoms. The number of halogens is 1. The van der Waals surface area contributed by atoms with Gasteiger partial charge in [-0.15, -0.1) is 0 Å². The van der Waals surface area contributed by atoms with Crippen molar-refractivity contribution in [3.63, 3.8) is 0 Å². The molecule has 0 fully saturated rings. The van der Waals surface area contributed by atoms with E-state index in [2.05, 4.69) is 15.9 Å². The highest BCUT2D eigenvalue weighted by Crippen LogP contribution is 2.16. The van der Waals surface area contributed by atoms with Gasteiger partial charge in [0, 0.05) is 10.0 Å². The predicted octanol–water partition coefficient (Wildman–Crippen LogP) is 3.62. The largest absolute Gasteiger partial charge is 0.466 e. The fourth-order valence-corrected chi connectivity index (χ4v) is 1.85. The average Bonchev–Trinajstić information content (AvgIpc) is 2.44. The number of benzene rings is 1. The molecule has 0 unspecified atom stereocenters. The molecule has 0 atom stereocenters. The van der Waals surface area contributed by atoms with Crippen LogP contribution >= 0.6 is 15.9 Å². The van der Waals surface area contributed by atoms with Crippen LogP contribution in [-0.2, 0) is 25.7 Å². The minimum absolute atomic E-state index is 0.0510. The van der Waals surface area contributed by atoms with Crippen LogP contribution in [0.2, 0.25) is 0 Å². The molecule has 1 aromatic carbocycles. The Kier molecular flexibility index (Phi) is 7.95. The van der Waals surface area contributed by atoms with Crippen molar-refractivity contribution in [2.75, 3.05) is 6.61 Å². The predicted molar refractivity (Wildman–Crippen MR) is 79.0 cm³/mol. The van der Waals surface area contributed by atoms with Crippen molar-refractivity contribution in [3.8, 4) is 0 Å². The van der Waals surface area contributed by atoms with E-state index in [9.17, 15) is 9.59 Å². The van der Waals surface area contributed by atoms with Crippen molar-refractivity contribution in [1.29, 1.82) is 0 Å². The first kappa shape index (κ1) is 16.7. The normalized spacial score (nSPS) is 10.1. The molecule has 20 heavy (non-hydrogen) atoms. The summed E-state index contributed by atoms with van der Waals surface area (Å²) in [5.74, 6) is -0.746. The fraction of sp³-hybridized carbons (Fsp3) is 0.467. The van der Waals surface area contributed by atoms with E-state index in [0.717, 1.165) is 22.9 Å². The molecule has 110 valence electrons. The number of carbonyl (C=O) groups is 2. The number of hydrogen-bond donors (Lipinski definition) is 0. The highest BCUT2D eigenvalue weighted by atomic mass is 79.9. The smallest absolute Gasteiger partial charge is 0.306 e. The Bertz CT molecular complexity index is 445. The molecule has 0 N–H and O–H groups in total. The Morgan fingerprint density at radius 1 is 1.10 bits per heavy atom. The first-order chi connectivity index (χ1) is 9.63. The molecule has 0 saturated heterocycles. The van der Waals surface area contributed by atoms with E-state index in [1.807, 2.05) is 31.2 Å². The minimum atomic E-state index is -0.395. The topological polar surface area (TPSA) is 52.6 Å². The second-order valence-electron chi connectivity index (χ2n) is 4.33.